The van der Waals surface area contributed by atoms with E-state index in [-0.39, 0.29) is 18.1 Å². The van der Waals surface area contributed by atoms with Crippen LogP contribution < -0.4 is 10.1 Å². The molecule has 1 amide bonds. The van der Waals surface area contributed by atoms with Crippen LogP contribution >= 0.6 is 0 Å². The number of methoxy groups -OCH3 is 1. The maximum Gasteiger partial charge on any atom is 0.251 e. The SMILES string of the molecule is COc1cccc(C(=O)N[C@@H]2CCO[C@H](c3cccnc3)C2)c1. The van der Waals surface area contributed by atoms with Crippen molar-refractivity contribution in [2.75, 3.05) is 13.7 Å². The first-order valence-electron chi connectivity index (χ1n) is 7.72. The summed E-state index contributed by atoms with van der Waals surface area (Å²) in [5.41, 5.74) is 1.65. The van der Waals surface area contributed by atoms with Gasteiger partial charge in [-0.2, -0.15) is 0 Å². The van der Waals surface area contributed by atoms with Gasteiger partial charge in [-0.1, -0.05) is 12.1 Å². The zero-order chi connectivity index (χ0) is 16.1. The van der Waals surface area contributed by atoms with E-state index in [1.165, 1.54) is 0 Å². The third-order valence-electron chi connectivity index (χ3n) is 4.01. The highest BCUT2D eigenvalue weighted by Crippen LogP contribution is 2.27. The van der Waals surface area contributed by atoms with Crippen molar-refractivity contribution >= 4 is 5.91 Å². The number of carbonyl (C=O) groups excluding carboxylic acids is 1. The van der Waals surface area contributed by atoms with E-state index in [0.717, 1.165) is 18.4 Å². The Bertz CT molecular complexity index is 660. The van der Waals surface area contributed by atoms with E-state index in [4.69, 9.17) is 9.47 Å². The van der Waals surface area contributed by atoms with E-state index in [1.807, 2.05) is 30.5 Å². The van der Waals surface area contributed by atoms with E-state index >= 15 is 0 Å². The molecule has 1 aliphatic rings. The van der Waals surface area contributed by atoms with Crippen LogP contribution in [0.2, 0.25) is 0 Å². The van der Waals surface area contributed by atoms with E-state index in [9.17, 15) is 4.79 Å². The third-order valence-corrected chi connectivity index (χ3v) is 4.01. The molecule has 2 atom stereocenters. The summed E-state index contributed by atoms with van der Waals surface area (Å²) in [7, 11) is 1.59. The van der Waals surface area contributed by atoms with Gasteiger partial charge in [-0.3, -0.25) is 9.78 Å². The lowest BCUT2D eigenvalue weighted by Gasteiger charge is -2.30. The third kappa shape index (κ3) is 3.87. The predicted octanol–water partition coefficient (Wildman–Crippen LogP) is 2.74. The molecule has 1 N–H and O–H groups in total. The Morgan fingerprint density at radius 2 is 2.26 bits per heavy atom. The summed E-state index contributed by atoms with van der Waals surface area (Å²) >= 11 is 0. The number of pyridine rings is 1. The molecule has 5 nitrogen and oxygen atoms in total. The van der Waals surface area contributed by atoms with Crippen molar-refractivity contribution in [3.05, 3.63) is 59.9 Å². The van der Waals surface area contributed by atoms with Gasteiger partial charge in [-0.25, -0.2) is 0 Å². The van der Waals surface area contributed by atoms with Crippen molar-refractivity contribution in [1.82, 2.24) is 10.3 Å². The molecule has 0 spiro atoms. The minimum absolute atomic E-state index is 0.0203. The van der Waals surface area contributed by atoms with Gasteiger partial charge in [0, 0.05) is 30.6 Å². The van der Waals surface area contributed by atoms with E-state index in [1.54, 1.807) is 25.4 Å². The van der Waals surface area contributed by atoms with Crippen LogP contribution in [0, 0.1) is 0 Å². The highest BCUT2D eigenvalue weighted by atomic mass is 16.5. The van der Waals surface area contributed by atoms with E-state index in [0.29, 0.717) is 17.9 Å². The Kier molecular flexibility index (Phi) is 4.88. The number of ether oxygens (including phenoxy) is 2. The second-order valence-electron chi connectivity index (χ2n) is 5.57. The molecule has 1 saturated heterocycles. The average molecular weight is 312 g/mol. The number of carbonyl (C=O) groups is 1. The highest BCUT2D eigenvalue weighted by Gasteiger charge is 2.25. The first-order valence-corrected chi connectivity index (χ1v) is 7.72. The summed E-state index contributed by atoms with van der Waals surface area (Å²) in [6.45, 7) is 0.628. The topological polar surface area (TPSA) is 60.5 Å². The minimum Gasteiger partial charge on any atom is -0.497 e. The predicted molar refractivity (Wildman–Crippen MR) is 86.4 cm³/mol. The fourth-order valence-corrected chi connectivity index (χ4v) is 2.76. The molecule has 2 heterocycles. The summed E-state index contributed by atoms with van der Waals surface area (Å²) in [5.74, 6) is 0.596. The zero-order valence-electron chi connectivity index (χ0n) is 13.1. The van der Waals surface area contributed by atoms with Gasteiger partial charge in [0.25, 0.3) is 5.91 Å². The van der Waals surface area contributed by atoms with Crippen LogP contribution in [-0.2, 0) is 4.74 Å². The first-order chi connectivity index (χ1) is 11.3. The van der Waals surface area contributed by atoms with Crippen LogP contribution in [0.15, 0.2) is 48.8 Å². The van der Waals surface area contributed by atoms with Gasteiger partial charge in [-0.05, 0) is 42.7 Å². The quantitative estimate of drug-likeness (QED) is 0.943. The maximum absolute atomic E-state index is 12.4. The van der Waals surface area contributed by atoms with E-state index in [2.05, 4.69) is 10.3 Å². The number of rotatable bonds is 4. The smallest absolute Gasteiger partial charge is 0.251 e. The fourth-order valence-electron chi connectivity index (χ4n) is 2.76. The van der Waals surface area contributed by atoms with Gasteiger partial charge < -0.3 is 14.8 Å². The molecule has 1 aromatic carbocycles. The molecule has 0 aliphatic carbocycles. The van der Waals surface area contributed by atoms with Gasteiger partial charge in [-0.15, -0.1) is 0 Å². The molecule has 3 rings (SSSR count). The van der Waals surface area contributed by atoms with Crippen LogP contribution in [0.4, 0.5) is 0 Å². The Morgan fingerprint density at radius 1 is 1.35 bits per heavy atom. The summed E-state index contributed by atoms with van der Waals surface area (Å²) in [4.78, 5) is 16.5. The number of nitrogens with one attached hydrogen (secondary N) is 1. The van der Waals surface area contributed by atoms with E-state index < -0.39 is 0 Å². The molecule has 0 bridgehead atoms. The van der Waals surface area contributed by atoms with Crippen molar-refractivity contribution in [2.24, 2.45) is 0 Å². The second kappa shape index (κ2) is 7.24. The van der Waals surface area contributed by atoms with Gasteiger partial charge in [0.05, 0.1) is 13.2 Å². The lowest BCUT2D eigenvalue weighted by molar-refractivity contribution is 0.000723. The summed E-state index contributed by atoms with van der Waals surface area (Å²) in [5, 5.41) is 3.09. The number of benzene rings is 1. The normalized spacial score (nSPS) is 20.7. The van der Waals surface area contributed by atoms with Gasteiger partial charge in [0.1, 0.15) is 5.75 Å². The number of nitrogens with zero attached hydrogens (tertiary/aromatic N) is 1. The van der Waals surface area contributed by atoms with Gasteiger partial charge >= 0.3 is 0 Å². The zero-order valence-corrected chi connectivity index (χ0v) is 13.1. The molecular formula is C18H20N2O3. The molecule has 2 aromatic rings. The standard InChI is InChI=1S/C18H20N2O3/c1-22-16-6-2-4-13(10-16)18(21)20-15-7-9-23-17(11-15)14-5-3-8-19-12-14/h2-6,8,10,12,15,17H,7,9,11H2,1H3,(H,20,21)/t15-,17+/m1/s1. The molecule has 0 unspecified atom stereocenters. The number of hydrogen-bond donors (Lipinski definition) is 1. The molecule has 1 aromatic heterocycles. The summed E-state index contributed by atoms with van der Waals surface area (Å²) < 4.78 is 11.0. The van der Waals surface area contributed by atoms with Gasteiger partial charge in [0.15, 0.2) is 0 Å². The highest BCUT2D eigenvalue weighted by molar-refractivity contribution is 5.94. The van der Waals surface area contributed by atoms with Crippen molar-refractivity contribution in [3.63, 3.8) is 0 Å². The van der Waals surface area contributed by atoms with Gasteiger partial charge in [0.2, 0.25) is 0 Å². The largest absolute Gasteiger partial charge is 0.497 e. The lowest BCUT2D eigenvalue weighted by atomic mass is 9.98. The van der Waals surface area contributed by atoms with Crippen LogP contribution in [-0.4, -0.2) is 30.6 Å². The first kappa shape index (κ1) is 15.5. The second-order valence-corrected chi connectivity index (χ2v) is 5.57. The van der Waals surface area contributed by atoms with Crippen molar-refractivity contribution in [1.29, 1.82) is 0 Å². The molecule has 1 fully saturated rings. The minimum atomic E-state index is -0.0827. The molecule has 5 heteroatoms. The number of hydrogen-bond acceptors (Lipinski definition) is 4. The Hall–Kier alpha value is -2.40. The van der Waals surface area contributed by atoms with Crippen LogP contribution in [0.5, 0.6) is 5.75 Å². The molecule has 0 saturated carbocycles. The number of aromatic nitrogens is 1. The monoisotopic (exact) mass is 312 g/mol. The maximum atomic E-state index is 12.4. The molecular weight excluding hydrogens is 292 g/mol. The fraction of sp³-hybridized carbons (Fsp3) is 0.333. The Labute approximate surface area is 135 Å². The molecule has 1 aliphatic heterocycles. The Morgan fingerprint density at radius 3 is 3.04 bits per heavy atom. The van der Waals surface area contributed by atoms with Crippen LogP contribution in [0.1, 0.15) is 34.9 Å². The van der Waals surface area contributed by atoms with Crippen molar-refractivity contribution in [3.8, 4) is 5.75 Å². The molecule has 0 radical (unpaired) electrons. The van der Waals surface area contributed by atoms with Crippen molar-refractivity contribution in [2.45, 2.75) is 25.0 Å². The molecule has 23 heavy (non-hydrogen) atoms. The number of amides is 1. The van der Waals surface area contributed by atoms with Crippen LogP contribution in [0.3, 0.4) is 0 Å². The average Bonchev–Trinajstić information content (AvgIpc) is 2.63. The lowest BCUT2D eigenvalue weighted by Crippen LogP contribution is -2.39. The molecule has 120 valence electrons. The summed E-state index contributed by atoms with van der Waals surface area (Å²) in [6, 6.07) is 11.2. The van der Waals surface area contributed by atoms with Crippen molar-refractivity contribution < 1.29 is 14.3 Å². The Balaban J connectivity index is 1.64. The summed E-state index contributed by atoms with van der Waals surface area (Å²) in [6.07, 6.45) is 5.10. The van der Waals surface area contributed by atoms with Crippen LogP contribution in [0.25, 0.3) is 0 Å².